The van der Waals surface area contributed by atoms with Gasteiger partial charge in [0.15, 0.2) is 16.7 Å². The van der Waals surface area contributed by atoms with Gasteiger partial charge in [0.2, 0.25) is 0 Å². The standard InChI is InChI=1S/C17H23N3OS/c1-6-11-20-15(18-19-16(20)22)12(2)21-14-9-7-13(8-10-14)17(3,4)5/h6-10,12H,1,11H2,2-5H3,(H,19,22)/t12-/m1/s1. The molecule has 0 fully saturated rings. The molecule has 0 aliphatic rings. The van der Waals surface area contributed by atoms with E-state index in [-0.39, 0.29) is 11.5 Å². The Bertz CT molecular complexity index is 692. The van der Waals surface area contributed by atoms with Gasteiger partial charge in [-0.15, -0.1) is 6.58 Å². The molecule has 2 rings (SSSR count). The van der Waals surface area contributed by atoms with Crippen molar-refractivity contribution in [1.29, 1.82) is 0 Å². The van der Waals surface area contributed by atoms with Crippen molar-refractivity contribution < 1.29 is 4.74 Å². The number of hydrogen-bond donors (Lipinski definition) is 1. The maximum absolute atomic E-state index is 5.98. The largest absolute Gasteiger partial charge is 0.483 e. The van der Waals surface area contributed by atoms with Crippen LogP contribution in [0.15, 0.2) is 36.9 Å². The molecule has 0 radical (unpaired) electrons. The highest BCUT2D eigenvalue weighted by Crippen LogP contribution is 2.26. The number of aromatic nitrogens is 3. The number of nitrogens with one attached hydrogen (secondary N) is 1. The number of nitrogens with zero attached hydrogens (tertiary/aromatic N) is 2. The zero-order valence-corrected chi connectivity index (χ0v) is 14.4. The molecule has 0 unspecified atom stereocenters. The lowest BCUT2D eigenvalue weighted by molar-refractivity contribution is 0.211. The minimum Gasteiger partial charge on any atom is -0.483 e. The molecular weight excluding hydrogens is 294 g/mol. The van der Waals surface area contributed by atoms with Crippen molar-refractivity contribution in [3.8, 4) is 5.75 Å². The summed E-state index contributed by atoms with van der Waals surface area (Å²) >= 11 is 5.22. The number of ether oxygens (including phenoxy) is 1. The van der Waals surface area contributed by atoms with E-state index in [0.29, 0.717) is 11.3 Å². The molecule has 4 nitrogen and oxygen atoms in total. The Morgan fingerprint density at radius 2 is 2.00 bits per heavy atom. The Hall–Kier alpha value is -1.88. The van der Waals surface area contributed by atoms with Crippen molar-refractivity contribution in [2.24, 2.45) is 0 Å². The van der Waals surface area contributed by atoms with Gasteiger partial charge < -0.3 is 4.74 Å². The van der Waals surface area contributed by atoms with Crippen molar-refractivity contribution >= 4 is 12.2 Å². The van der Waals surface area contributed by atoms with Crippen LogP contribution in [0.2, 0.25) is 0 Å². The van der Waals surface area contributed by atoms with E-state index >= 15 is 0 Å². The number of rotatable bonds is 5. The maximum Gasteiger partial charge on any atom is 0.195 e. The van der Waals surface area contributed by atoms with Crippen molar-refractivity contribution in [1.82, 2.24) is 14.8 Å². The van der Waals surface area contributed by atoms with Crippen LogP contribution in [0.3, 0.4) is 0 Å². The van der Waals surface area contributed by atoms with Crippen LogP contribution in [0, 0.1) is 4.77 Å². The lowest BCUT2D eigenvalue weighted by Gasteiger charge is -2.20. The van der Waals surface area contributed by atoms with E-state index in [0.717, 1.165) is 11.6 Å². The molecule has 22 heavy (non-hydrogen) atoms. The second kappa shape index (κ2) is 6.48. The average molecular weight is 317 g/mol. The molecule has 2 aromatic rings. The van der Waals surface area contributed by atoms with E-state index < -0.39 is 0 Å². The Labute approximate surface area is 136 Å². The molecular formula is C17H23N3OS. The van der Waals surface area contributed by atoms with Crippen molar-refractivity contribution in [2.75, 3.05) is 0 Å². The summed E-state index contributed by atoms with van der Waals surface area (Å²) < 4.78 is 8.45. The van der Waals surface area contributed by atoms with Gasteiger partial charge in [0.25, 0.3) is 0 Å². The van der Waals surface area contributed by atoms with Gasteiger partial charge >= 0.3 is 0 Å². The first-order chi connectivity index (χ1) is 10.3. The summed E-state index contributed by atoms with van der Waals surface area (Å²) in [5.41, 5.74) is 1.41. The number of H-pyrrole nitrogens is 1. The van der Waals surface area contributed by atoms with E-state index in [2.05, 4.69) is 49.7 Å². The van der Waals surface area contributed by atoms with E-state index in [4.69, 9.17) is 17.0 Å². The fourth-order valence-electron chi connectivity index (χ4n) is 2.24. The molecule has 1 heterocycles. The number of benzene rings is 1. The Morgan fingerprint density at radius 1 is 1.36 bits per heavy atom. The second-order valence-electron chi connectivity index (χ2n) is 6.32. The third-order valence-corrected chi connectivity index (χ3v) is 3.81. The molecule has 1 N–H and O–H groups in total. The minimum atomic E-state index is -0.201. The predicted octanol–water partition coefficient (Wildman–Crippen LogP) is 4.56. The van der Waals surface area contributed by atoms with Crippen LogP contribution in [0.4, 0.5) is 0 Å². The Balaban J connectivity index is 2.17. The number of aromatic amines is 1. The van der Waals surface area contributed by atoms with E-state index in [1.807, 2.05) is 23.6 Å². The van der Waals surface area contributed by atoms with Gasteiger partial charge in [-0.2, -0.15) is 5.10 Å². The van der Waals surface area contributed by atoms with Crippen LogP contribution in [-0.4, -0.2) is 14.8 Å². The lowest BCUT2D eigenvalue weighted by atomic mass is 9.87. The summed E-state index contributed by atoms with van der Waals surface area (Å²) in [4.78, 5) is 0. The summed E-state index contributed by atoms with van der Waals surface area (Å²) in [5, 5.41) is 7.07. The van der Waals surface area contributed by atoms with Crippen LogP contribution < -0.4 is 4.74 Å². The SMILES string of the molecule is C=CCn1c([C@@H](C)Oc2ccc(C(C)(C)C)cc2)n[nH]c1=S. The van der Waals surface area contributed by atoms with Crippen molar-refractivity contribution in [3.63, 3.8) is 0 Å². The summed E-state index contributed by atoms with van der Waals surface area (Å²) in [6.45, 7) is 12.9. The van der Waals surface area contributed by atoms with E-state index in [1.54, 1.807) is 6.08 Å². The summed E-state index contributed by atoms with van der Waals surface area (Å²) in [6.07, 6.45) is 1.59. The Kier molecular flexibility index (Phi) is 4.86. The zero-order chi connectivity index (χ0) is 16.3. The highest BCUT2D eigenvalue weighted by Gasteiger charge is 2.17. The number of hydrogen-bond acceptors (Lipinski definition) is 3. The fourth-order valence-corrected chi connectivity index (χ4v) is 2.45. The van der Waals surface area contributed by atoms with Crippen LogP contribution in [-0.2, 0) is 12.0 Å². The molecule has 0 bridgehead atoms. The normalized spacial score (nSPS) is 12.9. The van der Waals surface area contributed by atoms with Crippen LogP contribution in [0.25, 0.3) is 0 Å². The van der Waals surface area contributed by atoms with Crippen LogP contribution >= 0.6 is 12.2 Å². The van der Waals surface area contributed by atoms with Crippen LogP contribution in [0.5, 0.6) is 5.75 Å². The first-order valence-corrected chi connectivity index (χ1v) is 7.77. The topological polar surface area (TPSA) is 42.8 Å². The van der Waals surface area contributed by atoms with Crippen LogP contribution in [0.1, 0.15) is 45.2 Å². The van der Waals surface area contributed by atoms with Gasteiger partial charge in [-0.25, -0.2) is 0 Å². The third kappa shape index (κ3) is 3.65. The summed E-state index contributed by atoms with van der Waals surface area (Å²) in [7, 11) is 0. The minimum absolute atomic E-state index is 0.135. The first-order valence-electron chi connectivity index (χ1n) is 7.36. The highest BCUT2D eigenvalue weighted by molar-refractivity contribution is 7.71. The van der Waals surface area contributed by atoms with Gasteiger partial charge in [0, 0.05) is 6.54 Å². The molecule has 118 valence electrons. The maximum atomic E-state index is 5.98. The average Bonchev–Trinajstić information content (AvgIpc) is 2.80. The van der Waals surface area contributed by atoms with E-state index in [9.17, 15) is 0 Å². The van der Waals surface area contributed by atoms with E-state index in [1.165, 1.54) is 5.56 Å². The van der Waals surface area contributed by atoms with Gasteiger partial charge in [0.05, 0.1) is 0 Å². The summed E-state index contributed by atoms with van der Waals surface area (Å²) in [5.74, 6) is 1.59. The first kappa shape index (κ1) is 16.5. The molecule has 0 amide bonds. The molecule has 1 atom stereocenters. The van der Waals surface area contributed by atoms with Gasteiger partial charge in [-0.05, 0) is 42.3 Å². The Morgan fingerprint density at radius 3 is 2.55 bits per heavy atom. The molecule has 0 spiro atoms. The monoisotopic (exact) mass is 317 g/mol. The third-order valence-electron chi connectivity index (χ3n) is 3.50. The van der Waals surface area contributed by atoms with Gasteiger partial charge in [-0.1, -0.05) is 39.0 Å². The molecule has 0 aliphatic carbocycles. The molecule has 1 aromatic carbocycles. The molecule has 0 saturated carbocycles. The number of allylic oxidation sites excluding steroid dienone is 1. The second-order valence-corrected chi connectivity index (χ2v) is 6.71. The highest BCUT2D eigenvalue weighted by atomic mass is 32.1. The molecule has 5 heteroatoms. The molecule has 0 saturated heterocycles. The predicted molar refractivity (Wildman–Crippen MR) is 91.8 cm³/mol. The van der Waals surface area contributed by atoms with Crippen molar-refractivity contribution in [3.05, 3.63) is 53.1 Å². The molecule has 1 aromatic heterocycles. The van der Waals surface area contributed by atoms with Gasteiger partial charge in [-0.3, -0.25) is 9.67 Å². The smallest absolute Gasteiger partial charge is 0.195 e. The van der Waals surface area contributed by atoms with Crippen molar-refractivity contribution in [2.45, 2.75) is 45.8 Å². The quantitative estimate of drug-likeness (QED) is 0.649. The summed E-state index contributed by atoms with van der Waals surface area (Å²) in [6, 6.07) is 8.19. The zero-order valence-electron chi connectivity index (χ0n) is 13.6. The fraction of sp³-hybridized carbons (Fsp3) is 0.412. The lowest BCUT2D eigenvalue weighted by Crippen LogP contribution is -2.13. The van der Waals surface area contributed by atoms with Gasteiger partial charge in [0.1, 0.15) is 5.75 Å². The molecule has 0 aliphatic heterocycles.